The van der Waals surface area contributed by atoms with Crippen LogP contribution in [-0.4, -0.2) is 45.0 Å². The number of ketones is 1. The molecule has 0 spiro atoms. The van der Waals surface area contributed by atoms with Crippen molar-refractivity contribution in [2.45, 2.75) is 52.1 Å². The van der Waals surface area contributed by atoms with E-state index < -0.39 is 21.6 Å². The van der Waals surface area contributed by atoms with E-state index in [1.54, 1.807) is 25.3 Å². The van der Waals surface area contributed by atoms with Crippen LogP contribution in [0.5, 0.6) is 0 Å². The number of aryl methyl sites for hydroxylation is 2. The Hall–Kier alpha value is -2.19. The number of carbonyl (C=O) groups excluding carboxylic acids is 1. The van der Waals surface area contributed by atoms with Crippen molar-refractivity contribution in [2.24, 2.45) is 0 Å². The summed E-state index contributed by atoms with van der Waals surface area (Å²) in [5.74, 6) is 0.194. The minimum atomic E-state index is -3.63. The molecular formula is C21H24FIN6O3S. The van der Waals surface area contributed by atoms with Gasteiger partial charge in [0.05, 0.1) is 5.75 Å². The molecular weight excluding hydrogens is 562 g/mol. The molecule has 0 unspecified atom stereocenters. The van der Waals surface area contributed by atoms with E-state index in [1.165, 1.54) is 0 Å². The lowest BCUT2D eigenvalue weighted by Crippen LogP contribution is -2.42. The molecule has 0 saturated heterocycles. The molecule has 12 heteroatoms. The number of aromatic nitrogens is 4. The summed E-state index contributed by atoms with van der Waals surface area (Å²) in [6.07, 6.45) is 0.508. The van der Waals surface area contributed by atoms with Crippen LogP contribution >= 0.6 is 22.6 Å². The van der Waals surface area contributed by atoms with Gasteiger partial charge >= 0.3 is 6.08 Å². The Labute approximate surface area is 204 Å². The normalized spacial score (nSPS) is 14.3. The van der Waals surface area contributed by atoms with Crippen molar-refractivity contribution in [3.05, 3.63) is 44.3 Å². The van der Waals surface area contributed by atoms with Crippen LogP contribution in [0.1, 0.15) is 54.5 Å². The molecule has 0 aliphatic heterocycles. The van der Waals surface area contributed by atoms with Gasteiger partial charge in [0.15, 0.2) is 22.8 Å². The Bertz CT molecular complexity index is 1380. The zero-order valence-electron chi connectivity index (χ0n) is 18.4. The van der Waals surface area contributed by atoms with E-state index >= 15 is 0 Å². The molecule has 0 fully saturated rings. The van der Waals surface area contributed by atoms with Crippen molar-refractivity contribution >= 4 is 55.4 Å². The third kappa shape index (κ3) is 5.17. The van der Waals surface area contributed by atoms with Crippen LogP contribution in [0.3, 0.4) is 0 Å². The highest BCUT2D eigenvalue weighted by Gasteiger charge is 2.25. The van der Waals surface area contributed by atoms with Crippen molar-refractivity contribution in [3.63, 3.8) is 0 Å². The molecule has 4 rings (SSSR count). The number of hydrogen-bond acceptors (Lipinski definition) is 7. The van der Waals surface area contributed by atoms with Gasteiger partial charge in [-0.15, -0.1) is 0 Å². The summed E-state index contributed by atoms with van der Waals surface area (Å²) in [6, 6.07) is 3.86. The molecule has 0 amide bonds. The molecule has 33 heavy (non-hydrogen) atoms. The average Bonchev–Trinajstić information content (AvgIpc) is 3.19. The first-order chi connectivity index (χ1) is 15.3. The van der Waals surface area contributed by atoms with Gasteiger partial charge in [0.2, 0.25) is 10.0 Å². The van der Waals surface area contributed by atoms with E-state index in [0.29, 0.717) is 24.2 Å². The van der Waals surface area contributed by atoms with Gasteiger partial charge in [-0.2, -0.15) is 14.4 Å². The molecule has 0 saturated carbocycles. The molecule has 1 aliphatic carbocycles. The third-order valence-corrected chi connectivity index (χ3v) is 7.91. The zero-order chi connectivity index (χ0) is 24.1. The second-order valence-electron chi connectivity index (χ2n) is 9.10. The Morgan fingerprint density at radius 2 is 1.94 bits per heavy atom. The summed E-state index contributed by atoms with van der Waals surface area (Å²) >= 11 is 2.21. The number of halogens is 2. The lowest BCUT2D eigenvalue weighted by atomic mass is 10.0. The number of nitrogens with zero attached hydrogens (tertiary/aromatic N) is 4. The third-order valence-electron chi connectivity index (χ3n) is 5.26. The molecule has 0 bridgehead atoms. The van der Waals surface area contributed by atoms with Gasteiger partial charge in [0.1, 0.15) is 5.82 Å². The second kappa shape index (κ2) is 8.55. The highest BCUT2D eigenvalue weighted by molar-refractivity contribution is 14.1. The number of anilines is 1. The Morgan fingerprint density at radius 1 is 1.21 bits per heavy atom. The van der Waals surface area contributed by atoms with Gasteiger partial charge in [-0.05, 0) is 73.0 Å². The van der Waals surface area contributed by atoms with Crippen molar-refractivity contribution in [1.29, 1.82) is 0 Å². The van der Waals surface area contributed by atoms with E-state index in [4.69, 9.17) is 5.73 Å². The number of nitrogen functional groups attached to an aromatic ring is 1. The maximum Gasteiger partial charge on any atom is 0.312 e. The molecule has 0 radical (unpaired) electrons. The van der Waals surface area contributed by atoms with Gasteiger partial charge < -0.3 is 10.3 Å². The van der Waals surface area contributed by atoms with E-state index in [2.05, 4.69) is 42.3 Å². The number of nitrogens with two attached hydrogens (primary N) is 1. The number of fused-ring (bicyclic) bond motifs is 2. The predicted molar refractivity (Wildman–Crippen MR) is 131 cm³/mol. The summed E-state index contributed by atoms with van der Waals surface area (Å²) in [5.41, 5.74) is 8.18. The fourth-order valence-electron chi connectivity index (χ4n) is 3.95. The minimum Gasteiger partial charge on any atom is -0.382 e. The van der Waals surface area contributed by atoms with Crippen LogP contribution < -0.4 is 10.5 Å². The molecule has 3 aromatic rings. The number of carbonyl (C=O) groups is 1. The molecule has 3 N–H and O–H groups in total. The van der Waals surface area contributed by atoms with Crippen molar-refractivity contribution in [3.8, 4) is 0 Å². The fourth-order valence-corrected chi connectivity index (χ4v) is 6.13. The quantitative estimate of drug-likeness (QED) is 0.335. The maximum atomic E-state index is 14.0. The molecule has 1 aliphatic rings. The van der Waals surface area contributed by atoms with Gasteiger partial charge in [-0.25, -0.2) is 18.1 Å². The van der Waals surface area contributed by atoms with Gasteiger partial charge in [0.25, 0.3) is 0 Å². The SMILES string of the molecule is CC(C)(C)NS(=O)(=O)CCn1c(Cc2cc3c(cc2I)CCC3=O)nc2c(N)nc(F)nc21. The van der Waals surface area contributed by atoms with Crippen LogP contribution in [0.15, 0.2) is 12.1 Å². The Kier molecular flexibility index (Phi) is 6.20. The standard InChI is InChI=1S/C21H24FIN6O3S/c1-21(2,3)28-33(31,32)7-6-29-16(25-17-18(24)26-20(22)27-19(17)29)10-12-8-13-11(9-14(12)23)4-5-15(13)30/h8-9,28H,4-7,10H2,1-3H3,(H2,24,26,27). The number of rotatable bonds is 6. The van der Waals surface area contributed by atoms with Crippen molar-refractivity contribution < 1.29 is 17.6 Å². The highest BCUT2D eigenvalue weighted by Crippen LogP contribution is 2.29. The molecule has 0 atom stereocenters. The minimum absolute atomic E-state index is 0.00636. The van der Waals surface area contributed by atoms with Gasteiger partial charge in [-0.3, -0.25) is 4.79 Å². The van der Waals surface area contributed by atoms with Crippen LogP contribution in [0.2, 0.25) is 0 Å². The number of hydrogen-bond donors (Lipinski definition) is 2. The highest BCUT2D eigenvalue weighted by atomic mass is 127. The van der Waals surface area contributed by atoms with Gasteiger partial charge in [-0.1, -0.05) is 0 Å². The number of Topliss-reactive ketones (excluding diaryl/α,β-unsaturated/α-hetero) is 1. The van der Waals surface area contributed by atoms with Crippen LogP contribution in [0.25, 0.3) is 11.2 Å². The molecule has 1 aromatic carbocycles. The number of sulfonamides is 1. The summed E-state index contributed by atoms with van der Waals surface area (Å²) < 4.78 is 44.3. The maximum absolute atomic E-state index is 14.0. The summed E-state index contributed by atoms with van der Waals surface area (Å²) in [4.78, 5) is 24.1. The van der Waals surface area contributed by atoms with Crippen LogP contribution in [0, 0.1) is 9.65 Å². The lowest BCUT2D eigenvalue weighted by Gasteiger charge is -2.20. The monoisotopic (exact) mass is 586 g/mol. The largest absolute Gasteiger partial charge is 0.382 e. The van der Waals surface area contributed by atoms with Crippen LogP contribution in [-0.2, 0) is 29.4 Å². The number of nitrogens with one attached hydrogen (secondary N) is 1. The predicted octanol–water partition coefficient (Wildman–Crippen LogP) is 2.59. The summed E-state index contributed by atoms with van der Waals surface area (Å²) in [6.45, 7) is 5.25. The molecule has 9 nitrogen and oxygen atoms in total. The Balaban J connectivity index is 1.75. The molecule has 176 valence electrons. The molecule has 2 heterocycles. The van der Waals surface area contributed by atoms with E-state index in [-0.39, 0.29) is 35.1 Å². The van der Waals surface area contributed by atoms with Crippen molar-refractivity contribution in [2.75, 3.05) is 11.5 Å². The van der Waals surface area contributed by atoms with Crippen LogP contribution in [0.4, 0.5) is 10.2 Å². The average molecular weight is 586 g/mol. The number of imidazole rings is 1. The summed E-state index contributed by atoms with van der Waals surface area (Å²) in [5, 5.41) is 0. The first-order valence-electron chi connectivity index (χ1n) is 10.4. The topological polar surface area (TPSA) is 133 Å². The Morgan fingerprint density at radius 3 is 2.64 bits per heavy atom. The molecule has 2 aromatic heterocycles. The fraction of sp³-hybridized carbons (Fsp3) is 0.429. The smallest absolute Gasteiger partial charge is 0.312 e. The van der Waals surface area contributed by atoms with Crippen molar-refractivity contribution in [1.82, 2.24) is 24.2 Å². The van der Waals surface area contributed by atoms with E-state index in [0.717, 1.165) is 21.1 Å². The van der Waals surface area contributed by atoms with E-state index in [1.807, 2.05) is 12.1 Å². The van der Waals surface area contributed by atoms with E-state index in [9.17, 15) is 17.6 Å². The first kappa shape index (κ1) is 24.0. The summed E-state index contributed by atoms with van der Waals surface area (Å²) in [7, 11) is -3.63. The number of benzene rings is 1. The zero-order valence-corrected chi connectivity index (χ0v) is 21.4. The first-order valence-corrected chi connectivity index (χ1v) is 13.1. The lowest BCUT2D eigenvalue weighted by molar-refractivity contribution is 0.0994. The van der Waals surface area contributed by atoms with Gasteiger partial charge in [0, 0.05) is 34.1 Å². The second-order valence-corrected chi connectivity index (χ2v) is 12.1.